The number of hydrogen-bond acceptors (Lipinski definition) is 4. The van der Waals surface area contributed by atoms with Crippen LogP contribution in [0.4, 0.5) is 11.4 Å². The normalized spacial score (nSPS) is 23.4. The number of nitrogens with two attached hydrogens (primary N) is 1. The fourth-order valence-corrected chi connectivity index (χ4v) is 3.39. The minimum Gasteiger partial charge on any atom is -0.478 e. The van der Waals surface area contributed by atoms with Gasteiger partial charge in [-0.25, -0.2) is 4.79 Å². The van der Waals surface area contributed by atoms with Crippen molar-refractivity contribution in [2.24, 2.45) is 0 Å². The van der Waals surface area contributed by atoms with E-state index in [1.165, 1.54) is 25.8 Å². The van der Waals surface area contributed by atoms with Crippen LogP contribution in [-0.2, 0) is 0 Å². The number of fused-ring (bicyclic) bond motifs is 1. The minimum atomic E-state index is -0.958. The van der Waals surface area contributed by atoms with Crippen LogP contribution in [0.5, 0.6) is 0 Å². The SMILES string of the molecule is Nc1c(C(=O)O)cccc1N1CCN2CCCCC2C1. The molecule has 0 aliphatic carbocycles. The van der Waals surface area contributed by atoms with E-state index >= 15 is 0 Å². The number of para-hydroxylation sites is 1. The topological polar surface area (TPSA) is 69.8 Å². The fraction of sp³-hybridized carbons (Fsp3) is 0.533. The van der Waals surface area contributed by atoms with Crippen molar-refractivity contribution < 1.29 is 9.90 Å². The number of rotatable bonds is 2. The fourth-order valence-electron chi connectivity index (χ4n) is 3.39. The van der Waals surface area contributed by atoms with Gasteiger partial charge < -0.3 is 15.7 Å². The molecule has 0 spiro atoms. The van der Waals surface area contributed by atoms with Gasteiger partial charge in [0.05, 0.1) is 16.9 Å². The Morgan fingerprint density at radius 2 is 2.10 bits per heavy atom. The zero-order valence-corrected chi connectivity index (χ0v) is 11.6. The van der Waals surface area contributed by atoms with E-state index in [0.717, 1.165) is 25.3 Å². The van der Waals surface area contributed by atoms with Crippen molar-refractivity contribution in [1.29, 1.82) is 0 Å². The highest BCUT2D eigenvalue weighted by molar-refractivity contribution is 5.97. The van der Waals surface area contributed by atoms with Crippen molar-refractivity contribution in [3.05, 3.63) is 23.8 Å². The largest absolute Gasteiger partial charge is 0.478 e. The molecule has 2 heterocycles. The summed E-state index contributed by atoms with van der Waals surface area (Å²) >= 11 is 0. The number of carboxylic acids is 1. The second-order valence-corrected chi connectivity index (χ2v) is 5.68. The monoisotopic (exact) mass is 275 g/mol. The molecule has 108 valence electrons. The third-order valence-corrected chi connectivity index (χ3v) is 4.49. The number of piperazine rings is 1. The minimum absolute atomic E-state index is 0.202. The summed E-state index contributed by atoms with van der Waals surface area (Å²) in [5.41, 5.74) is 7.51. The Balaban J connectivity index is 1.83. The smallest absolute Gasteiger partial charge is 0.337 e. The maximum absolute atomic E-state index is 11.2. The third kappa shape index (κ3) is 2.33. The molecule has 2 fully saturated rings. The maximum Gasteiger partial charge on any atom is 0.337 e. The zero-order valence-electron chi connectivity index (χ0n) is 11.6. The molecule has 1 atom stereocenters. The first kappa shape index (κ1) is 13.2. The lowest BCUT2D eigenvalue weighted by Crippen LogP contribution is -2.55. The molecule has 2 saturated heterocycles. The van der Waals surface area contributed by atoms with Crippen molar-refractivity contribution in [3.63, 3.8) is 0 Å². The predicted molar refractivity (Wildman–Crippen MR) is 79.2 cm³/mol. The molecule has 0 amide bonds. The second kappa shape index (κ2) is 5.32. The molecule has 2 aliphatic rings. The number of carbonyl (C=O) groups is 1. The quantitative estimate of drug-likeness (QED) is 0.803. The molecule has 1 unspecified atom stereocenters. The lowest BCUT2D eigenvalue weighted by Gasteiger charge is -2.45. The van der Waals surface area contributed by atoms with Gasteiger partial charge in [-0.15, -0.1) is 0 Å². The first-order valence-electron chi connectivity index (χ1n) is 7.27. The van der Waals surface area contributed by atoms with Gasteiger partial charge in [0.2, 0.25) is 0 Å². The highest BCUT2D eigenvalue weighted by atomic mass is 16.4. The number of benzene rings is 1. The number of nitrogens with zero attached hydrogens (tertiary/aromatic N) is 2. The van der Waals surface area contributed by atoms with E-state index in [1.54, 1.807) is 12.1 Å². The lowest BCUT2D eigenvalue weighted by molar-refractivity contribution is 0.0698. The first-order chi connectivity index (χ1) is 9.66. The molecular formula is C15H21N3O2. The molecular weight excluding hydrogens is 254 g/mol. The van der Waals surface area contributed by atoms with Crippen LogP contribution in [0.2, 0.25) is 0 Å². The molecule has 0 aromatic heterocycles. The maximum atomic E-state index is 11.2. The summed E-state index contributed by atoms with van der Waals surface area (Å²) in [7, 11) is 0. The average molecular weight is 275 g/mol. The van der Waals surface area contributed by atoms with E-state index in [9.17, 15) is 4.79 Å². The van der Waals surface area contributed by atoms with Crippen LogP contribution in [0.25, 0.3) is 0 Å². The Bertz CT molecular complexity index is 518. The summed E-state index contributed by atoms with van der Waals surface area (Å²) < 4.78 is 0. The molecule has 3 rings (SSSR count). The molecule has 2 aliphatic heterocycles. The highest BCUT2D eigenvalue weighted by Gasteiger charge is 2.30. The van der Waals surface area contributed by atoms with Gasteiger partial charge in [-0.05, 0) is 31.5 Å². The van der Waals surface area contributed by atoms with Gasteiger partial charge in [-0.3, -0.25) is 4.90 Å². The number of hydrogen-bond donors (Lipinski definition) is 2. The zero-order chi connectivity index (χ0) is 14.1. The standard InChI is InChI=1S/C15H21N3O2/c16-14-12(15(19)20)5-3-6-13(14)18-9-8-17-7-2-1-4-11(17)10-18/h3,5-6,11H,1-2,4,7-10,16H2,(H,19,20). The van der Waals surface area contributed by atoms with Crippen LogP contribution >= 0.6 is 0 Å². The summed E-state index contributed by atoms with van der Waals surface area (Å²) in [6.07, 6.45) is 3.82. The van der Waals surface area contributed by atoms with Gasteiger partial charge in [-0.2, -0.15) is 0 Å². The van der Waals surface area contributed by atoms with Crippen LogP contribution in [0, 0.1) is 0 Å². The molecule has 0 bridgehead atoms. The van der Waals surface area contributed by atoms with Gasteiger partial charge >= 0.3 is 5.97 Å². The highest BCUT2D eigenvalue weighted by Crippen LogP contribution is 2.30. The van der Waals surface area contributed by atoms with Crippen molar-refractivity contribution >= 4 is 17.3 Å². The molecule has 5 nitrogen and oxygen atoms in total. The molecule has 20 heavy (non-hydrogen) atoms. The van der Waals surface area contributed by atoms with Crippen molar-refractivity contribution in [2.75, 3.05) is 36.8 Å². The Labute approximate surface area is 119 Å². The Kier molecular flexibility index (Phi) is 3.53. The Hall–Kier alpha value is -1.75. The molecule has 0 saturated carbocycles. The molecule has 0 radical (unpaired) electrons. The Morgan fingerprint density at radius 1 is 1.25 bits per heavy atom. The summed E-state index contributed by atoms with van der Waals surface area (Å²) in [5, 5.41) is 9.17. The summed E-state index contributed by atoms with van der Waals surface area (Å²) in [6, 6.07) is 5.87. The first-order valence-corrected chi connectivity index (χ1v) is 7.27. The van der Waals surface area contributed by atoms with Crippen LogP contribution in [0.15, 0.2) is 18.2 Å². The lowest BCUT2D eigenvalue weighted by atomic mass is 9.99. The number of nitrogen functional groups attached to an aromatic ring is 1. The van der Waals surface area contributed by atoms with Crippen LogP contribution in [-0.4, -0.2) is 48.2 Å². The summed E-state index contributed by atoms with van der Waals surface area (Å²) in [5.74, 6) is -0.958. The Morgan fingerprint density at radius 3 is 2.90 bits per heavy atom. The van der Waals surface area contributed by atoms with Gasteiger partial charge in [0, 0.05) is 25.7 Å². The number of piperidine rings is 1. The number of anilines is 2. The number of aromatic carboxylic acids is 1. The average Bonchev–Trinajstić information content (AvgIpc) is 2.46. The molecule has 1 aromatic rings. The van der Waals surface area contributed by atoms with Crippen LogP contribution in [0.3, 0.4) is 0 Å². The van der Waals surface area contributed by atoms with Crippen molar-refractivity contribution in [1.82, 2.24) is 4.90 Å². The van der Waals surface area contributed by atoms with E-state index in [1.807, 2.05) is 6.07 Å². The van der Waals surface area contributed by atoms with Gasteiger partial charge in [-0.1, -0.05) is 12.5 Å². The van der Waals surface area contributed by atoms with E-state index in [4.69, 9.17) is 10.8 Å². The summed E-state index contributed by atoms with van der Waals surface area (Å²) in [6.45, 7) is 4.11. The predicted octanol–water partition coefficient (Wildman–Crippen LogP) is 1.64. The third-order valence-electron chi connectivity index (χ3n) is 4.49. The van der Waals surface area contributed by atoms with Crippen LogP contribution in [0.1, 0.15) is 29.6 Å². The molecule has 5 heteroatoms. The van der Waals surface area contributed by atoms with Gasteiger partial charge in [0.15, 0.2) is 0 Å². The van der Waals surface area contributed by atoms with E-state index in [-0.39, 0.29) is 5.56 Å². The van der Waals surface area contributed by atoms with Gasteiger partial charge in [0.1, 0.15) is 0 Å². The second-order valence-electron chi connectivity index (χ2n) is 5.68. The molecule has 1 aromatic carbocycles. The van der Waals surface area contributed by atoms with Crippen LogP contribution < -0.4 is 10.6 Å². The summed E-state index contributed by atoms with van der Waals surface area (Å²) in [4.78, 5) is 16.0. The molecule has 3 N–H and O–H groups in total. The van der Waals surface area contributed by atoms with Crippen molar-refractivity contribution in [3.8, 4) is 0 Å². The van der Waals surface area contributed by atoms with Crippen molar-refractivity contribution in [2.45, 2.75) is 25.3 Å². The number of carboxylic acid groups (broad SMARTS) is 1. The van der Waals surface area contributed by atoms with E-state index in [2.05, 4.69) is 9.80 Å². The van der Waals surface area contributed by atoms with E-state index < -0.39 is 5.97 Å². The van der Waals surface area contributed by atoms with Gasteiger partial charge in [0.25, 0.3) is 0 Å². The van der Waals surface area contributed by atoms with E-state index in [0.29, 0.717) is 11.7 Å².